The molecule has 0 aromatic heterocycles. The molecule has 1 aromatic carbocycles. The molecule has 2 amide bonds. The lowest BCUT2D eigenvalue weighted by Crippen LogP contribution is -2.51. The zero-order chi connectivity index (χ0) is 20.5. The van der Waals surface area contributed by atoms with Gasteiger partial charge in [0.15, 0.2) is 11.5 Å². The van der Waals surface area contributed by atoms with Crippen LogP contribution in [-0.4, -0.2) is 81.3 Å². The lowest BCUT2D eigenvalue weighted by molar-refractivity contribution is -0.136. The van der Waals surface area contributed by atoms with Crippen molar-refractivity contribution in [1.29, 1.82) is 0 Å². The van der Waals surface area contributed by atoms with Crippen molar-refractivity contribution in [2.24, 2.45) is 0 Å². The Morgan fingerprint density at radius 3 is 1.82 bits per heavy atom. The Balaban J connectivity index is 2.19. The molecule has 0 saturated carbocycles. The van der Waals surface area contributed by atoms with E-state index in [9.17, 15) is 9.59 Å². The molecule has 28 heavy (non-hydrogen) atoms. The van der Waals surface area contributed by atoms with E-state index in [4.69, 9.17) is 18.9 Å². The highest BCUT2D eigenvalue weighted by molar-refractivity contribution is 5.96. The number of piperazine rings is 1. The quantitative estimate of drug-likeness (QED) is 0.636. The predicted molar refractivity (Wildman–Crippen MR) is 104 cm³/mol. The van der Waals surface area contributed by atoms with Gasteiger partial charge in [-0.15, -0.1) is 0 Å². The fourth-order valence-electron chi connectivity index (χ4n) is 3.07. The SMILES string of the molecule is CCOc1cc(C(=O)N2CCN(C(=O)COC)CC2)cc(OCC)c1OCC. The summed E-state index contributed by atoms with van der Waals surface area (Å²) >= 11 is 0. The summed E-state index contributed by atoms with van der Waals surface area (Å²) in [7, 11) is 1.50. The fourth-order valence-corrected chi connectivity index (χ4v) is 3.07. The molecule has 1 heterocycles. The molecule has 0 N–H and O–H groups in total. The van der Waals surface area contributed by atoms with Gasteiger partial charge in [-0.05, 0) is 32.9 Å². The van der Waals surface area contributed by atoms with Crippen LogP contribution in [-0.2, 0) is 9.53 Å². The van der Waals surface area contributed by atoms with Gasteiger partial charge < -0.3 is 28.7 Å². The van der Waals surface area contributed by atoms with Gasteiger partial charge in [0.05, 0.1) is 19.8 Å². The summed E-state index contributed by atoms with van der Waals surface area (Å²) in [6.07, 6.45) is 0. The van der Waals surface area contributed by atoms with Gasteiger partial charge >= 0.3 is 0 Å². The first kappa shape index (κ1) is 21.8. The summed E-state index contributed by atoms with van der Waals surface area (Å²) in [6.45, 7) is 8.96. The molecule has 156 valence electrons. The van der Waals surface area contributed by atoms with Crippen LogP contribution in [0.1, 0.15) is 31.1 Å². The van der Waals surface area contributed by atoms with Crippen LogP contribution in [0.5, 0.6) is 17.2 Å². The summed E-state index contributed by atoms with van der Waals surface area (Å²) in [4.78, 5) is 28.4. The minimum Gasteiger partial charge on any atom is -0.490 e. The van der Waals surface area contributed by atoms with Gasteiger partial charge in [0, 0.05) is 38.9 Å². The minimum atomic E-state index is -0.121. The van der Waals surface area contributed by atoms with Crippen molar-refractivity contribution in [3.63, 3.8) is 0 Å². The van der Waals surface area contributed by atoms with Crippen LogP contribution in [0, 0.1) is 0 Å². The van der Waals surface area contributed by atoms with Crippen LogP contribution < -0.4 is 14.2 Å². The molecule has 1 aliphatic rings. The number of carbonyl (C=O) groups excluding carboxylic acids is 2. The fraction of sp³-hybridized carbons (Fsp3) is 0.600. The number of hydrogen-bond donors (Lipinski definition) is 0. The molecule has 0 radical (unpaired) electrons. The Bertz CT molecular complexity index is 644. The Hall–Kier alpha value is -2.48. The van der Waals surface area contributed by atoms with Gasteiger partial charge in [-0.1, -0.05) is 0 Å². The number of benzene rings is 1. The zero-order valence-corrected chi connectivity index (χ0v) is 17.2. The molecule has 0 bridgehead atoms. The first-order valence-corrected chi connectivity index (χ1v) is 9.68. The average Bonchev–Trinajstić information content (AvgIpc) is 2.70. The number of ether oxygens (including phenoxy) is 4. The number of carbonyl (C=O) groups is 2. The second kappa shape index (κ2) is 10.8. The van der Waals surface area contributed by atoms with E-state index in [1.54, 1.807) is 21.9 Å². The highest BCUT2D eigenvalue weighted by atomic mass is 16.5. The number of hydrogen-bond acceptors (Lipinski definition) is 6. The van der Waals surface area contributed by atoms with Crippen LogP contribution in [0.25, 0.3) is 0 Å². The lowest BCUT2D eigenvalue weighted by atomic mass is 10.1. The van der Waals surface area contributed by atoms with Crippen molar-refractivity contribution in [3.05, 3.63) is 17.7 Å². The van der Waals surface area contributed by atoms with Crippen LogP contribution in [0.2, 0.25) is 0 Å². The number of amides is 2. The molecule has 8 nitrogen and oxygen atoms in total. The Morgan fingerprint density at radius 1 is 0.857 bits per heavy atom. The summed E-state index contributed by atoms with van der Waals surface area (Å²) in [6, 6.07) is 3.39. The van der Waals surface area contributed by atoms with Crippen LogP contribution in [0.4, 0.5) is 0 Å². The van der Waals surface area contributed by atoms with Crippen molar-refractivity contribution >= 4 is 11.8 Å². The van der Waals surface area contributed by atoms with Gasteiger partial charge in [-0.2, -0.15) is 0 Å². The van der Waals surface area contributed by atoms with Crippen molar-refractivity contribution in [2.45, 2.75) is 20.8 Å². The standard InChI is InChI=1S/C20H30N2O6/c1-5-26-16-12-15(13-17(27-6-2)19(16)28-7-3)20(24)22-10-8-21(9-11-22)18(23)14-25-4/h12-13H,5-11,14H2,1-4H3. The van der Waals surface area contributed by atoms with E-state index in [-0.39, 0.29) is 18.4 Å². The Kier molecular flexibility index (Phi) is 8.38. The molecular weight excluding hydrogens is 364 g/mol. The van der Waals surface area contributed by atoms with E-state index in [0.29, 0.717) is 68.8 Å². The summed E-state index contributed by atoms with van der Waals surface area (Å²) < 4.78 is 22.0. The Labute approximate surface area is 166 Å². The monoisotopic (exact) mass is 394 g/mol. The minimum absolute atomic E-state index is 0.0578. The highest BCUT2D eigenvalue weighted by Crippen LogP contribution is 2.39. The van der Waals surface area contributed by atoms with E-state index in [0.717, 1.165) is 0 Å². The van der Waals surface area contributed by atoms with Gasteiger partial charge in [0.25, 0.3) is 5.91 Å². The molecule has 1 aliphatic heterocycles. The molecule has 1 fully saturated rings. The molecule has 0 aliphatic carbocycles. The molecule has 1 aromatic rings. The van der Waals surface area contributed by atoms with Crippen LogP contribution in [0.15, 0.2) is 12.1 Å². The summed E-state index contributed by atoms with van der Waals surface area (Å²) in [5.74, 6) is 1.31. The average molecular weight is 394 g/mol. The van der Waals surface area contributed by atoms with Crippen molar-refractivity contribution in [1.82, 2.24) is 9.80 Å². The second-order valence-electron chi connectivity index (χ2n) is 6.21. The third kappa shape index (κ3) is 5.28. The van der Waals surface area contributed by atoms with Crippen molar-refractivity contribution < 1.29 is 28.5 Å². The van der Waals surface area contributed by atoms with Gasteiger partial charge in [-0.25, -0.2) is 0 Å². The predicted octanol–water partition coefficient (Wildman–Crippen LogP) is 1.81. The summed E-state index contributed by atoms with van der Waals surface area (Å²) in [5.41, 5.74) is 0.479. The summed E-state index contributed by atoms with van der Waals surface area (Å²) in [5, 5.41) is 0. The third-order valence-corrected chi connectivity index (χ3v) is 4.34. The first-order valence-electron chi connectivity index (χ1n) is 9.68. The maximum atomic E-state index is 13.0. The molecule has 1 saturated heterocycles. The number of nitrogens with zero attached hydrogens (tertiary/aromatic N) is 2. The van der Waals surface area contributed by atoms with E-state index in [1.807, 2.05) is 20.8 Å². The molecule has 8 heteroatoms. The molecule has 0 spiro atoms. The smallest absolute Gasteiger partial charge is 0.254 e. The van der Waals surface area contributed by atoms with E-state index in [1.165, 1.54) is 7.11 Å². The second-order valence-corrected chi connectivity index (χ2v) is 6.21. The van der Waals surface area contributed by atoms with Gasteiger partial charge in [0.1, 0.15) is 6.61 Å². The number of rotatable bonds is 9. The lowest BCUT2D eigenvalue weighted by Gasteiger charge is -2.34. The largest absolute Gasteiger partial charge is 0.490 e. The van der Waals surface area contributed by atoms with Gasteiger partial charge in [-0.3, -0.25) is 9.59 Å². The van der Waals surface area contributed by atoms with Crippen LogP contribution in [0.3, 0.4) is 0 Å². The molecule has 0 unspecified atom stereocenters. The third-order valence-electron chi connectivity index (χ3n) is 4.34. The van der Waals surface area contributed by atoms with Crippen LogP contribution >= 0.6 is 0 Å². The molecular formula is C20H30N2O6. The van der Waals surface area contributed by atoms with E-state index >= 15 is 0 Å². The zero-order valence-electron chi connectivity index (χ0n) is 17.2. The molecule has 2 rings (SSSR count). The number of methoxy groups -OCH3 is 1. The Morgan fingerprint density at radius 2 is 1.36 bits per heavy atom. The van der Waals surface area contributed by atoms with E-state index < -0.39 is 0 Å². The topological polar surface area (TPSA) is 77.5 Å². The molecule has 0 atom stereocenters. The first-order chi connectivity index (χ1) is 13.5. The van der Waals surface area contributed by atoms with Crippen molar-refractivity contribution in [3.8, 4) is 17.2 Å². The highest BCUT2D eigenvalue weighted by Gasteiger charge is 2.26. The van der Waals surface area contributed by atoms with Gasteiger partial charge in [0.2, 0.25) is 11.7 Å². The maximum absolute atomic E-state index is 13.0. The maximum Gasteiger partial charge on any atom is 0.254 e. The van der Waals surface area contributed by atoms with Crippen molar-refractivity contribution in [2.75, 3.05) is 59.7 Å². The normalized spacial score (nSPS) is 14.0. The van der Waals surface area contributed by atoms with E-state index in [2.05, 4.69) is 0 Å².